The van der Waals surface area contributed by atoms with Gasteiger partial charge in [0.15, 0.2) is 5.78 Å². The smallest absolute Gasteiger partial charge is 0.163 e. The van der Waals surface area contributed by atoms with Gasteiger partial charge >= 0.3 is 0 Å². The van der Waals surface area contributed by atoms with E-state index in [2.05, 4.69) is 39.1 Å². The minimum atomic E-state index is 0.0362. The van der Waals surface area contributed by atoms with Crippen molar-refractivity contribution in [2.45, 2.75) is 65.0 Å². The van der Waals surface area contributed by atoms with Gasteiger partial charge in [-0.2, -0.15) is 5.26 Å². The van der Waals surface area contributed by atoms with E-state index in [-0.39, 0.29) is 16.9 Å². The lowest BCUT2D eigenvalue weighted by Crippen LogP contribution is -2.57. The number of nitrogens with zero attached hydrogens (tertiary/aromatic N) is 1. The van der Waals surface area contributed by atoms with Crippen molar-refractivity contribution in [2.24, 2.45) is 5.92 Å². The molecule has 1 heterocycles. The lowest BCUT2D eigenvalue weighted by molar-refractivity contribution is 0.0864. The van der Waals surface area contributed by atoms with Crippen molar-refractivity contribution in [3.05, 3.63) is 59.2 Å². The zero-order valence-electron chi connectivity index (χ0n) is 18.0. The van der Waals surface area contributed by atoms with Crippen LogP contribution in [0.1, 0.15) is 68.4 Å². The third-order valence-electron chi connectivity index (χ3n) is 5.47. The number of nitrogens with one attached hydrogen (secondary N) is 1. The Bertz CT molecular complexity index is 938. The molecule has 2 aromatic rings. The highest BCUT2D eigenvalue weighted by Crippen LogP contribution is 2.36. The highest BCUT2D eigenvalue weighted by Gasteiger charge is 2.38. The number of ether oxygens (including phenoxy) is 1. The maximum Gasteiger partial charge on any atom is 0.163 e. The molecule has 0 aliphatic carbocycles. The molecule has 0 bridgehead atoms. The largest absolute Gasteiger partial charge is 0.456 e. The summed E-state index contributed by atoms with van der Waals surface area (Å²) < 4.78 is 5.93. The number of Topliss-reactive ketones (excluding diaryl/α,β-unsaturated/α-hetero) is 1. The number of aryl methyl sites for hydroxylation is 1. The van der Waals surface area contributed by atoms with Crippen LogP contribution in [0.3, 0.4) is 0 Å². The second-order valence-electron chi connectivity index (χ2n) is 9.48. The van der Waals surface area contributed by atoms with Crippen LogP contribution in [0.25, 0.3) is 0 Å². The molecule has 0 amide bonds. The van der Waals surface area contributed by atoms with E-state index in [4.69, 9.17) is 4.74 Å². The summed E-state index contributed by atoms with van der Waals surface area (Å²) in [6.45, 7) is 10.8. The van der Waals surface area contributed by atoms with Gasteiger partial charge in [-0.1, -0.05) is 12.1 Å². The first kappa shape index (κ1) is 21.1. The number of carbonyl (C=O) groups is 1. The molecule has 1 aliphatic rings. The number of nitriles is 1. The first-order valence-corrected chi connectivity index (χ1v) is 10.2. The standard InChI is InChI=1S/C25H30N2O2/c1-17-12-19(10-11-22(17)29-23-9-7-6-8-20(23)16-26)21(28)13-18-14-24(2,3)27-25(4,5)15-18/h6-12,18,27H,13-15H2,1-5H3. The summed E-state index contributed by atoms with van der Waals surface area (Å²) in [5, 5.41) is 12.9. The van der Waals surface area contributed by atoms with E-state index >= 15 is 0 Å². The summed E-state index contributed by atoms with van der Waals surface area (Å²) in [6, 6.07) is 14.8. The van der Waals surface area contributed by atoms with Crippen LogP contribution in [0, 0.1) is 24.2 Å². The molecular weight excluding hydrogens is 360 g/mol. The molecule has 1 saturated heterocycles. The normalized spacial score (nSPS) is 18.1. The molecule has 0 aromatic heterocycles. The molecule has 0 atom stereocenters. The minimum Gasteiger partial charge on any atom is -0.456 e. The zero-order valence-corrected chi connectivity index (χ0v) is 18.0. The number of hydrogen-bond donors (Lipinski definition) is 1. The SMILES string of the molecule is Cc1cc(C(=O)CC2CC(C)(C)NC(C)(C)C2)ccc1Oc1ccccc1C#N. The number of ketones is 1. The van der Waals surface area contributed by atoms with Gasteiger partial charge in [-0.3, -0.25) is 4.79 Å². The predicted molar refractivity (Wildman–Crippen MR) is 115 cm³/mol. The quantitative estimate of drug-likeness (QED) is 0.657. The molecule has 29 heavy (non-hydrogen) atoms. The van der Waals surface area contributed by atoms with Gasteiger partial charge in [0.25, 0.3) is 0 Å². The first-order chi connectivity index (χ1) is 13.6. The molecule has 2 aromatic carbocycles. The molecule has 0 saturated carbocycles. The molecule has 1 fully saturated rings. The molecule has 3 rings (SSSR count). The molecule has 0 spiro atoms. The fraction of sp³-hybridized carbons (Fsp3) is 0.440. The average Bonchev–Trinajstić information content (AvgIpc) is 2.61. The Labute approximate surface area is 173 Å². The minimum absolute atomic E-state index is 0.0362. The van der Waals surface area contributed by atoms with Crippen molar-refractivity contribution in [3.8, 4) is 17.6 Å². The lowest BCUT2D eigenvalue weighted by atomic mass is 9.74. The number of hydrogen-bond acceptors (Lipinski definition) is 4. The lowest BCUT2D eigenvalue weighted by Gasteiger charge is -2.46. The van der Waals surface area contributed by atoms with Crippen LogP contribution in [0.4, 0.5) is 0 Å². The summed E-state index contributed by atoms with van der Waals surface area (Å²) in [5.41, 5.74) is 2.17. The molecule has 0 radical (unpaired) electrons. The highest BCUT2D eigenvalue weighted by molar-refractivity contribution is 5.96. The molecule has 4 nitrogen and oxygen atoms in total. The third kappa shape index (κ3) is 5.25. The van der Waals surface area contributed by atoms with Crippen LogP contribution in [-0.4, -0.2) is 16.9 Å². The van der Waals surface area contributed by atoms with Gasteiger partial charge in [0, 0.05) is 23.1 Å². The van der Waals surface area contributed by atoms with Crippen LogP contribution in [-0.2, 0) is 0 Å². The Hall–Kier alpha value is -2.64. The molecule has 152 valence electrons. The average molecular weight is 391 g/mol. The van der Waals surface area contributed by atoms with E-state index in [9.17, 15) is 10.1 Å². The summed E-state index contributed by atoms with van der Waals surface area (Å²) in [7, 11) is 0. The highest BCUT2D eigenvalue weighted by atomic mass is 16.5. The van der Waals surface area contributed by atoms with Gasteiger partial charge in [0.2, 0.25) is 0 Å². The van der Waals surface area contributed by atoms with E-state index < -0.39 is 0 Å². The molecule has 0 unspecified atom stereocenters. The fourth-order valence-electron chi connectivity index (χ4n) is 4.76. The van der Waals surface area contributed by atoms with Gasteiger partial charge in [0.05, 0.1) is 5.56 Å². The van der Waals surface area contributed by atoms with Crippen molar-refractivity contribution in [1.82, 2.24) is 5.32 Å². The zero-order chi connectivity index (χ0) is 21.2. The monoisotopic (exact) mass is 390 g/mol. The predicted octanol–water partition coefficient (Wildman–Crippen LogP) is 5.79. The second kappa shape index (κ2) is 8.00. The van der Waals surface area contributed by atoms with Crippen molar-refractivity contribution in [1.29, 1.82) is 5.26 Å². The Morgan fingerprint density at radius 1 is 1.10 bits per heavy atom. The fourth-order valence-corrected chi connectivity index (χ4v) is 4.76. The van der Waals surface area contributed by atoms with Crippen LogP contribution >= 0.6 is 0 Å². The number of piperidine rings is 1. The number of para-hydroxylation sites is 1. The summed E-state index contributed by atoms with van der Waals surface area (Å²) >= 11 is 0. The van der Waals surface area contributed by atoms with Crippen LogP contribution in [0.2, 0.25) is 0 Å². The van der Waals surface area contributed by atoms with Crippen LogP contribution in [0.5, 0.6) is 11.5 Å². The maximum absolute atomic E-state index is 13.0. The molecule has 1 N–H and O–H groups in total. The van der Waals surface area contributed by atoms with Gasteiger partial charge in [0.1, 0.15) is 17.6 Å². The summed E-state index contributed by atoms with van der Waals surface area (Å²) in [6.07, 6.45) is 2.55. The summed E-state index contributed by atoms with van der Waals surface area (Å²) in [4.78, 5) is 13.0. The Morgan fingerprint density at radius 3 is 2.38 bits per heavy atom. The van der Waals surface area contributed by atoms with Crippen molar-refractivity contribution < 1.29 is 9.53 Å². The van der Waals surface area contributed by atoms with Crippen molar-refractivity contribution in [2.75, 3.05) is 0 Å². The molecule has 1 aliphatic heterocycles. The van der Waals surface area contributed by atoms with Crippen molar-refractivity contribution in [3.63, 3.8) is 0 Å². The van der Waals surface area contributed by atoms with E-state index in [1.165, 1.54) is 0 Å². The Morgan fingerprint density at radius 2 is 1.76 bits per heavy atom. The van der Waals surface area contributed by atoms with E-state index in [0.717, 1.165) is 24.0 Å². The molecular formula is C25H30N2O2. The molecule has 4 heteroatoms. The Kier molecular flexibility index (Phi) is 5.82. The van der Waals surface area contributed by atoms with Crippen LogP contribution < -0.4 is 10.1 Å². The number of benzene rings is 2. The van der Waals surface area contributed by atoms with Gasteiger partial charge in [-0.15, -0.1) is 0 Å². The number of rotatable bonds is 5. The third-order valence-corrected chi connectivity index (χ3v) is 5.47. The van der Waals surface area contributed by atoms with E-state index in [1.807, 2.05) is 37.3 Å². The van der Waals surface area contributed by atoms with Gasteiger partial charge < -0.3 is 10.1 Å². The van der Waals surface area contributed by atoms with E-state index in [0.29, 0.717) is 29.4 Å². The number of carbonyl (C=O) groups excluding carboxylic acids is 1. The van der Waals surface area contributed by atoms with E-state index in [1.54, 1.807) is 12.1 Å². The van der Waals surface area contributed by atoms with Gasteiger partial charge in [-0.25, -0.2) is 0 Å². The maximum atomic E-state index is 13.0. The summed E-state index contributed by atoms with van der Waals surface area (Å²) in [5.74, 6) is 1.73. The Balaban J connectivity index is 1.73. The van der Waals surface area contributed by atoms with Gasteiger partial charge in [-0.05, 0) is 89.3 Å². The van der Waals surface area contributed by atoms with Crippen molar-refractivity contribution >= 4 is 5.78 Å². The second-order valence-corrected chi connectivity index (χ2v) is 9.48. The first-order valence-electron chi connectivity index (χ1n) is 10.2. The topological polar surface area (TPSA) is 62.1 Å². The van der Waals surface area contributed by atoms with Crippen LogP contribution in [0.15, 0.2) is 42.5 Å².